The van der Waals surface area contributed by atoms with Gasteiger partial charge in [-0.1, -0.05) is 24.3 Å². The van der Waals surface area contributed by atoms with E-state index < -0.39 is 5.54 Å². The van der Waals surface area contributed by atoms with Gasteiger partial charge in [-0.25, -0.2) is 0 Å². The summed E-state index contributed by atoms with van der Waals surface area (Å²) in [7, 11) is 0. The molecule has 3 aliphatic heterocycles. The van der Waals surface area contributed by atoms with Gasteiger partial charge in [-0.05, 0) is 42.5 Å². The Morgan fingerprint density at radius 2 is 2.00 bits per heavy atom. The van der Waals surface area contributed by atoms with E-state index in [1.54, 1.807) is 6.20 Å². The van der Waals surface area contributed by atoms with E-state index >= 15 is 0 Å². The highest BCUT2D eigenvalue weighted by atomic mass is 16.5. The normalized spacial score (nSPS) is 27.3. The number of nitrogens with zero attached hydrogens (tertiary/aromatic N) is 3. The minimum absolute atomic E-state index is 0.0851. The highest BCUT2D eigenvalue weighted by molar-refractivity contribution is 5.77. The van der Waals surface area contributed by atoms with Crippen molar-refractivity contribution in [3.05, 3.63) is 59.9 Å². The van der Waals surface area contributed by atoms with E-state index in [0.717, 1.165) is 32.7 Å². The predicted molar refractivity (Wildman–Crippen MR) is 121 cm³/mol. The van der Waals surface area contributed by atoms with Gasteiger partial charge >= 0.3 is 0 Å². The lowest BCUT2D eigenvalue weighted by atomic mass is 9.83. The first kappa shape index (κ1) is 20.5. The van der Waals surface area contributed by atoms with E-state index in [4.69, 9.17) is 4.74 Å². The van der Waals surface area contributed by atoms with Crippen LogP contribution in [0.3, 0.4) is 0 Å². The fourth-order valence-corrected chi connectivity index (χ4v) is 5.53. The minimum Gasteiger partial charge on any atom is -0.378 e. The minimum atomic E-state index is -0.406. The number of carbonyl (C=O) groups excluding carboxylic acids is 1. The van der Waals surface area contributed by atoms with E-state index in [0.29, 0.717) is 19.6 Å². The van der Waals surface area contributed by atoms with E-state index in [-0.39, 0.29) is 11.8 Å². The molecular weight excluding hydrogens is 388 g/mol. The molecule has 1 N–H and O–H groups in total. The summed E-state index contributed by atoms with van der Waals surface area (Å²) in [4.78, 5) is 21.9. The third-order valence-corrected chi connectivity index (χ3v) is 7.00. The molecule has 0 aliphatic carbocycles. The Morgan fingerprint density at radius 1 is 1.13 bits per heavy atom. The molecule has 1 spiro atoms. The second kappa shape index (κ2) is 8.97. The van der Waals surface area contributed by atoms with Gasteiger partial charge in [0.05, 0.1) is 18.8 Å². The van der Waals surface area contributed by atoms with Crippen LogP contribution in [-0.2, 0) is 16.1 Å². The van der Waals surface area contributed by atoms with Gasteiger partial charge in [-0.15, -0.1) is 0 Å². The van der Waals surface area contributed by atoms with Crippen LogP contribution in [0.5, 0.6) is 0 Å². The average molecular weight is 421 g/mol. The monoisotopic (exact) mass is 420 g/mol. The zero-order chi connectivity index (χ0) is 21.1. The number of ether oxygens (including phenoxy) is 1. The lowest BCUT2D eigenvalue weighted by Gasteiger charge is -2.34. The van der Waals surface area contributed by atoms with Gasteiger partial charge in [0, 0.05) is 63.1 Å². The SMILES string of the molecule is O=C1CCOC[C@]2(CN(Cc3ccccc3N3CCCCC3)C[C@H]2c2cccnc2)N1. The van der Waals surface area contributed by atoms with E-state index in [1.807, 2.05) is 12.3 Å². The van der Waals surface area contributed by atoms with Crippen LogP contribution in [0.25, 0.3) is 0 Å². The second-order valence-corrected chi connectivity index (χ2v) is 9.19. The maximum absolute atomic E-state index is 12.5. The summed E-state index contributed by atoms with van der Waals surface area (Å²) < 4.78 is 5.93. The number of pyridine rings is 1. The van der Waals surface area contributed by atoms with Gasteiger partial charge in [-0.3, -0.25) is 14.7 Å². The summed E-state index contributed by atoms with van der Waals surface area (Å²) in [6.07, 6.45) is 8.05. The Kier molecular flexibility index (Phi) is 5.92. The number of anilines is 1. The van der Waals surface area contributed by atoms with Gasteiger partial charge in [0.2, 0.25) is 5.91 Å². The van der Waals surface area contributed by atoms with Crippen molar-refractivity contribution >= 4 is 11.6 Å². The summed E-state index contributed by atoms with van der Waals surface area (Å²) in [5.41, 5.74) is 3.49. The lowest BCUT2D eigenvalue weighted by molar-refractivity contribution is -0.122. The van der Waals surface area contributed by atoms with Crippen molar-refractivity contribution in [2.24, 2.45) is 0 Å². The van der Waals surface area contributed by atoms with Crippen LogP contribution in [0.15, 0.2) is 48.8 Å². The number of likely N-dealkylation sites (tertiary alicyclic amines) is 1. The van der Waals surface area contributed by atoms with Gasteiger partial charge in [0.15, 0.2) is 0 Å². The van der Waals surface area contributed by atoms with E-state index in [1.165, 1.54) is 36.1 Å². The number of amides is 1. The molecule has 3 fully saturated rings. The molecular formula is C25H32N4O2. The van der Waals surface area contributed by atoms with Crippen molar-refractivity contribution in [2.45, 2.75) is 43.7 Å². The van der Waals surface area contributed by atoms with Crippen LogP contribution >= 0.6 is 0 Å². The van der Waals surface area contributed by atoms with Crippen LogP contribution < -0.4 is 10.2 Å². The predicted octanol–water partition coefficient (Wildman–Crippen LogP) is 2.95. The summed E-state index contributed by atoms with van der Waals surface area (Å²) in [5, 5.41) is 3.35. The number of rotatable bonds is 4. The van der Waals surface area contributed by atoms with Crippen molar-refractivity contribution in [1.82, 2.24) is 15.2 Å². The Bertz CT molecular complexity index is 899. The van der Waals surface area contributed by atoms with Crippen LogP contribution in [-0.4, -0.2) is 60.7 Å². The smallest absolute Gasteiger partial charge is 0.222 e. The third kappa shape index (κ3) is 4.32. The maximum atomic E-state index is 12.5. The molecule has 1 aromatic heterocycles. The summed E-state index contributed by atoms with van der Waals surface area (Å²) in [5.74, 6) is 0.243. The molecule has 3 aliphatic rings. The molecule has 3 saturated heterocycles. The van der Waals surface area contributed by atoms with Gasteiger partial charge in [0.1, 0.15) is 0 Å². The van der Waals surface area contributed by atoms with Crippen LogP contribution in [0, 0.1) is 0 Å². The fourth-order valence-electron chi connectivity index (χ4n) is 5.53. The standard InChI is InChI=1S/C25H32N4O2/c30-24-10-14-31-19-25(27-24)18-28(17-22(25)20-8-6-11-26-15-20)16-21-7-2-3-9-23(21)29-12-4-1-5-13-29/h2-3,6-9,11,15,22H,1,4-5,10,12-14,16-19H2,(H,27,30)/t22-,25-/m0/s1. The molecule has 6 heteroatoms. The van der Waals surface area contributed by atoms with Crippen LogP contribution in [0.4, 0.5) is 5.69 Å². The molecule has 0 saturated carbocycles. The summed E-state index contributed by atoms with van der Waals surface area (Å²) in [6, 6.07) is 12.9. The fraction of sp³-hybridized carbons (Fsp3) is 0.520. The first-order valence-corrected chi connectivity index (χ1v) is 11.6. The Morgan fingerprint density at radius 3 is 2.84 bits per heavy atom. The summed E-state index contributed by atoms with van der Waals surface area (Å²) >= 11 is 0. The van der Waals surface area contributed by atoms with Gasteiger partial charge in [-0.2, -0.15) is 0 Å². The molecule has 0 bridgehead atoms. The molecule has 31 heavy (non-hydrogen) atoms. The maximum Gasteiger partial charge on any atom is 0.222 e. The molecule has 5 rings (SSSR count). The van der Waals surface area contributed by atoms with Crippen LogP contribution in [0.1, 0.15) is 42.7 Å². The Hall–Kier alpha value is -2.44. The highest BCUT2D eigenvalue weighted by Gasteiger charge is 2.49. The second-order valence-electron chi connectivity index (χ2n) is 9.19. The molecule has 1 aromatic carbocycles. The number of nitrogens with one attached hydrogen (secondary N) is 1. The molecule has 0 unspecified atom stereocenters. The number of benzene rings is 1. The third-order valence-electron chi connectivity index (χ3n) is 7.00. The number of hydrogen-bond donors (Lipinski definition) is 1. The number of piperidine rings is 1. The van der Waals surface area contributed by atoms with Crippen LogP contribution in [0.2, 0.25) is 0 Å². The number of aromatic nitrogens is 1. The molecule has 1 amide bonds. The number of hydrogen-bond acceptors (Lipinski definition) is 5. The summed E-state index contributed by atoms with van der Waals surface area (Å²) in [6.45, 7) is 5.86. The largest absolute Gasteiger partial charge is 0.378 e. The van der Waals surface area contributed by atoms with Crippen molar-refractivity contribution in [3.8, 4) is 0 Å². The average Bonchev–Trinajstić information content (AvgIpc) is 3.04. The first-order chi connectivity index (χ1) is 15.2. The quantitative estimate of drug-likeness (QED) is 0.824. The van der Waals surface area contributed by atoms with Crippen molar-refractivity contribution in [1.29, 1.82) is 0 Å². The molecule has 0 radical (unpaired) electrons. The number of carbonyl (C=O) groups is 1. The van der Waals surface area contributed by atoms with E-state index in [2.05, 4.69) is 50.4 Å². The van der Waals surface area contributed by atoms with Gasteiger partial charge in [0.25, 0.3) is 0 Å². The van der Waals surface area contributed by atoms with E-state index in [9.17, 15) is 4.79 Å². The first-order valence-electron chi connectivity index (χ1n) is 11.6. The zero-order valence-electron chi connectivity index (χ0n) is 18.1. The molecule has 2 atom stereocenters. The molecule has 6 nitrogen and oxygen atoms in total. The number of para-hydroxylation sites is 1. The van der Waals surface area contributed by atoms with Gasteiger partial charge < -0.3 is 15.0 Å². The molecule has 164 valence electrons. The lowest BCUT2D eigenvalue weighted by Crippen LogP contribution is -2.55. The molecule has 4 heterocycles. The molecule has 2 aromatic rings. The van der Waals surface area contributed by atoms with Crippen molar-refractivity contribution < 1.29 is 9.53 Å². The Labute approximate surface area is 184 Å². The van der Waals surface area contributed by atoms with Crippen molar-refractivity contribution in [3.63, 3.8) is 0 Å². The highest BCUT2D eigenvalue weighted by Crippen LogP contribution is 2.38. The zero-order valence-corrected chi connectivity index (χ0v) is 18.1. The topological polar surface area (TPSA) is 57.7 Å². The Balaban J connectivity index is 1.42. The van der Waals surface area contributed by atoms with Crippen molar-refractivity contribution in [2.75, 3.05) is 44.3 Å².